The molecule has 1 unspecified atom stereocenters. The maximum Gasteiger partial charge on any atom is 0.0576 e. The highest BCUT2D eigenvalue weighted by Gasteiger charge is 2.19. The van der Waals surface area contributed by atoms with Crippen molar-refractivity contribution in [3.8, 4) is 0 Å². The highest BCUT2D eigenvalue weighted by atomic mass is 16.5. The lowest BCUT2D eigenvalue weighted by Crippen LogP contribution is -2.29. The number of rotatable bonds is 8. The number of hydrogen-bond acceptors (Lipinski definition) is 3. The van der Waals surface area contributed by atoms with Gasteiger partial charge in [0.15, 0.2) is 0 Å². The average Bonchev–Trinajstić information content (AvgIpc) is 2.92. The van der Waals surface area contributed by atoms with Gasteiger partial charge in [-0.05, 0) is 45.1 Å². The predicted octanol–water partition coefficient (Wildman–Crippen LogP) is 1.29. The smallest absolute Gasteiger partial charge is 0.0576 e. The molecule has 3 heteroatoms. The number of nitrogens with one attached hydrogen (secondary N) is 2. The molecule has 0 spiro atoms. The molecular weight excluding hydrogens is 188 g/mol. The van der Waals surface area contributed by atoms with Crippen LogP contribution < -0.4 is 10.6 Å². The molecule has 1 heterocycles. The van der Waals surface area contributed by atoms with E-state index in [0.717, 1.165) is 32.3 Å². The SMILES string of the molecule is C(CNCCNC1CC1)CC1CCCO1. The van der Waals surface area contributed by atoms with Crippen molar-refractivity contribution in [1.82, 2.24) is 10.6 Å². The number of hydrogen-bond donors (Lipinski definition) is 2. The molecule has 88 valence electrons. The van der Waals surface area contributed by atoms with Crippen molar-refractivity contribution in [3.63, 3.8) is 0 Å². The van der Waals surface area contributed by atoms with E-state index in [1.54, 1.807) is 0 Å². The van der Waals surface area contributed by atoms with E-state index in [4.69, 9.17) is 4.74 Å². The van der Waals surface area contributed by atoms with Crippen molar-refractivity contribution in [2.24, 2.45) is 0 Å². The molecule has 0 aromatic heterocycles. The van der Waals surface area contributed by atoms with Gasteiger partial charge in [-0.25, -0.2) is 0 Å². The van der Waals surface area contributed by atoms with E-state index in [-0.39, 0.29) is 0 Å². The van der Waals surface area contributed by atoms with Gasteiger partial charge in [-0.3, -0.25) is 0 Å². The van der Waals surface area contributed by atoms with E-state index in [0.29, 0.717) is 6.10 Å². The van der Waals surface area contributed by atoms with E-state index in [1.165, 1.54) is 38.5 Å². The minimum absolute atomic E-state index is 0.566. The Bertz CT molecular complexity index is 165. The molecule has 0 bridgehead atoms. The number of ether oxygens (including phenoxy) is 1. The Hall–Kier alpha value is -0.120. The van der Waals surface area contributed by atoms with Crippen molar-refractivity contribution in [3.05, 3.63) is 0 Å². The Kier molecular flexibility index (Phi) is 4.90. The van der Waals surface area contributed by atoms with Crippen molar-refractivity contribution >= 4 is 0 Å². The summed E-state index contributed by atoms with van der Waals surface area (Å²) >= 11 is 0. The van der Waals surface area contributed by atoms with Crippen molar-refractivity contribution in [1.29, 1.82) is 0 Å². The second-order valence-electron chi connectivity index (χ2n) is 4.76. The van der Waals surface area contributed by atoms with E-state index < -0.39 is 0 Å². The molecule has 2 aliphatic rings. The summed E-state index contributed by atoms with van der Waals surface area (Å²) in [7, 11) is 0. The summed E-state index contributed by atoms with van der Waals surface area (Å²) < 4.78 is 5.58. The largest absolute Gasteiger partial charge is 0.378 e. The summed E-state index contributed by atoms with van der Waals surface area (Å²) in [5, 5.41) is 6.98. The lowest BCUT2D eigenvalue weighted by molar-refractivity contribution is 0.102. The van der Waals surface area contributed by atoms with Gasteiger partial charge in [0.05, 0.1) is 6.10 Å². The Morgan fingerprint density at radius 1 is 1.07 bits per heavy atom. The first-order valence-electron chi connectivity index (χ1n) is 6.51. The fraction of sp³-hybridized carbons (Fsp3) is 1.00. The molecule has 1 saturated carbocycles. The molecular formula is C12H24N2O. The highest BCUT2D eigenvalue weighted by molar-refractivity contribution is 4.80. The molecule has 0 aromatic rings. The molecule has 1 atom stereocenters. The Balaban J connectivity index is 1.32. The molecule has 2 fully saturated rings. The third kappa shape index (κ3) is 4.96. The minimum atomic E-state index is 0.566. The maximum absolute atomic E-state index is 5.58. The molecule has 1 aliphatic heterocycles. The molecule has 0 amide bonds. The zero-order chi connectivity index (χ0) is 10.3. The lowest BCUT2D eigenvalue weighted by Gasteiger charge is -2.09. The van der Waals surface area contributed by atoms with Crippen LogP contribution in [0.3, 0.4) is 0 Å². The zero-order valence-electron chi connectivity index (χ0n) is 9.63. The maximum atomic E-state index is 5.58. The van der Waals surface area contributed by atoms with Crippen LogP contribution in [0.15, 0.2) is 0 Å². The lowest BCUT2D eigenvalue weighted by atomic mass is 10.1. The summed E-state index contributed by atoms with van der Waals surface area (Å²) in [6.45, 7) is 4.38. The summed E-state index contributed by atoms with van der Waals surface area (Å²) in [4.78, 5) is 0. The van der Waals surface area contributed by atoms with Crippen molar-refractivity contribution in [2.75, 3.05) is 26.2 Å². The fourth-order valence-corrected chi connectivity index (χ4v) is 2.10. The third-order valence-electron chi connectivity index (χ3n) is 3.22. The fourth-order valence-electron chi connectivity index (χ4n) is 2.10. The third-order valence-corrected chi connectivity index (χ3v) is 3.22. The predicted molar refractivity (Wildman–Crippen MR) is 62.1 cm³/mol. The summed E-state index contributed by atoms with van der Waals surface area (Å²) in [5.41, 5.74) is 0. The van der Waals surface area contributed by atoms with Crippen molar-refractivity contribution < 1.29 is 4.74 Å². The summed E-state index contributed by atoms with van der Waals surface area (Å²) in [6, 6.07) is 0.846. The van der Waals surface area contributed by atoms with E-state index in [1.807, 2.05) is 0 Å². The quantitative estimate of drug-likeness (QED) is 0.595. The van der Waals surface area contributed by atoms with Gasteiger partial charge in [0, 0.05) is 25.7 Å². The second kappa shape index (κ2) is 6.46. The second-order valence-corrected chi connectivity index (χ2v) is 4.76. The van der Waals surface area contributed by atoms with E-state index in [2.05, 4.69) is 10.6 Å². The van der Waals surface area contributed by atoms with Gasteiger partial charge in [-0.1, -0.05) is 0 Å². The van der Waals surface area contributed by atoms with Crippen LogP contribution in [0.5, 0.6) is 0 Å². The first-order valence-corrected chi connectivity index (χ1v) is 6.51. The average molecular weight is 212 g/mol. The van der Waals surface area contributed by atoms with Crippen LogP contribution in [0.2, 0.25) is 0 Å². The first kappa shape index (κ1) is 11.4. The Morgan fingerprint density at radius 3 is 2.73 bits per heavy atom. The van der Waals surface area contributed by atoms with E-state index in [9.17, 15) is 0 Å². The van der Waals surface area contributed by atoms with Gasteiger partial charge in [0.1, 0.15) is 0 Å². The Labute approximate surface area is 93.0 Å². The summed E-state index contributed by atoms with van der Waals surface area (Å²) in [6.07, 6.45) is 8.39. The molecule has 15 heavy (non-hydrogen) atoms. The van der Waals surface area contributed by atoms with Gasteiger partial charge < -0.3 is 15.4 Å². The van der Waals surface area contributed by atoms with Crippen molar-refractivity contribution in [2.45, 2.75) is 50.7 Å². The molecule has 1 aliphatic carbocycles. The van der Waals surface area contributed by atoms with Crippen LogP contribution in [0.1, 0.15) is 38.5 Å². The zero-order valence-corrected chi connectivity index (χ0v) is 9.63. The van der Waals surface area contributed by atoms with Gasteiger partial charge in [0.25, 0.3) is 0 Å². The molecule has 0 radical (unpaired) electrons. The Morgan fingerprint density at radius 2 is 2.00 bits per heavy atom. The van der Waals surface area contributed by atoms with Crippen LogP contribution in [0, 0.1) is 0 Å². The van der Waals surface area contributed by atoms with Crippen LogP contribution in [-0.2, 0) is 4.74 Å². The van der Waals surface area contributed by atoms with Gasteiger partial charge in [0.2, 0.25) is 0 Å². The van der Waals surface area contributed by atoms with Crippen LogP contribution >= 0.6 is 0 Å². The molecule has 1 saturated heterocycles. The highest BCUT2D eigenvalue weighted by Crippen LogP contribution is 2.18. The summed E-state index contributed by atoms with van der Waals surface area (Å²) in [5.74, 6) is 0. The topological polar surface area (TPSA) is 33.3 Å². The van der Waals surface area contributed by atoms with Crippen LogP contribution in [0.4, 0.5) is 0 Å². The van der Waals surface area contributed by atoms with E-state index >= 15 is 0 Å². The molecule has 2 N–H and O–H groups in total. The molecule has 2 rings (SSSR count). The van der Waals surface area contributed by atoms with Gasteiger partial charge in [-0.15, -0.1) is 0 Å². The molecule has 0 aromatic carbocycles. The van der Waals surface area contributed by atoms with Crippen LogP contribution in [0.25, 0.3) is 0 Å². The molecule has 3 nitrogen and oxygen atoms in total. The monoisotopic (exact) mass is 212 g/mol. The van der Waals surface area contributed by atoms with Crippen LogP contribution in [-0.4, -0.2) is 38.4 Å². The van der Waals surface area contributed by atoms with Gasteiger partial charge in [-0.2, -0.15) is 0 Å². The normalized spacial score (nSPS) is 26.0. The minimum Gasteiger partial charge on any atom is -0.378 e. The first-order chi connectivity index (χ1) is 7.45. The standard InChI is InChI=1S/C12H24N2O/c1(3-12-4-2-10-15-12)7-13-8-9-14-11-5-6-11/h11-14H,1-10H2. The van der Waals surface area contributed by atoms with Gasteiger partial charge >= 0.3 is 0 Å².